The Bertz CT molecular complexity index is 655. The first-order valence-corrected chi connectivity index (χ1v) is 9.57. The van der Waals surface area contributed by atoms with Crippen LogP contribution in [0, 0.1) is 0 Å². The molecule has 1 aromatic rings. The van der Waals surface area contributed by atoms with E-state index in [9.17, 15) is 8.42 Å². The fourth-order valence-corrected chi connectivity index (χ4v) is 5.79. The van der Waals surface area contributed by atoms with Crippen LogP contribution >= 0.6 is 27.5 Å². The van der Waals surface area contributed by atoms with Gasteiger partial charge in [-0.1, -0.05) is 11.6 Å². The van der Waals surface area contributed by atoms with Gasteiger partial charge in [0.15, 0.2) is 0 Å². The van der Waals surface area contributed by atoms with Gasteiger partial charge >= 0.3 is 0 Å². The van der Waals surface area contributed by atoms with Crippen LogP contribution in [0.25, 0.3) is 0 Å². The molecule has 1 aromatic heterocycles. The number of pyridine rings is 1. The van der Waals surface area contributed by atoms with Gasteiger partial charge in [-0.05, 0) is 48.3 Å². The van der Waals surface area contributed by atoms with E-state index < -0.39 is 10.0 Å². The molecule has 0 N–H and O–H groups in total. The largest absolute Gasteiger partial charge is 0.297 e. The highest BCUT2D eigenvalue weighted by Crippen LogP contribution is 2.31. The molecule has 2 aliphatic rings. The normalized spacial score (nSPS) is 27.8. The van der Waals surface area contributed by atoms with Gasteiger partial charge in [-0.25, -0.2) is 13.4 Å². The van der Waals surface area contributed by atoms with Gasteiger partial charge < -0.3 is 0 Å². The summed E-state index contributed by atoms with van der Waals surface area (Å²) in [6.45, 7) is 4.34. The minimum absolute atomic E-state index is 0.0271. The second-order valence-electron chi connectivity index (χ2n) is 5.66. The highest BCUT2D eigenvalue weighted by atomic mass is 79.9. The number of fused-ring (bicyclic) bond motifs is 1. The molecule has 0 aliphatic carbocycles. The first-order valence-electron chi connectivity index (χ1n) is 6.96. The summed E-state index contributed by atoms with van der Waals surface area (Å²) in [5.41, 5.74) is 0. The lowest BCUT2D eigenvalue weighted by atomic mass is 10.1. The van der Waals surface area contributed by atoms with Crippen molar-refractivity contribution < 1.29 is 8.42 Å². The average Bonchev–Trinajstić information content (AvgIpc) is 2.87. The van der Waals surface area contributed by atoms with Gasteiger partial charge in [-0.3, -0.25) is 4.90 Å². The predicted octanol–water partition coefficient (Wildman–Crippen LogP) is 2.35. The van der Waals surface area contributed by atoms with Crippen LogP contribution in [0.4, 0.5) is 0 Å². The lowest BCUT2D eigenvalue weighted by Crippen LogP contribution is -2.56. The zero-order chi connectivity index (χ0) is 15.2. The molecule has 116 valence electrons. The van der Waals surface area contributed by atoms with Crippen LogP contribution in [0.3, 0.4) is 0 Å². The molecule has 8 heteroatoms. The first kappa shape index (κ1) is 15.7. The maximum atomic E-state index is 12.9. The summed E-state index contributed by atoms with van der Waals surface area (Å²) in [6, 6.07) is 1.80. The van der Waals surface area contributed by atoms with Gasteiger partial charge in [-0.2, -0.15) is 4.31 Å². The number of halogens is 2. The van der Waals surface area contributed by atoms with E-state index >= 15 is 0 Å². The Morgan fingerprint density at radius 1 is 1.43 bits per heavy atom. The second kappa shape index (κ2) is 5.77. The van der Waals surface area contributed by atoms with Crippen molar-refractivity contribution in [1.82, 2.24) is 14.2 Å². The summed E-state index contributed by atoms with van der Waals surface area (Å²) in [5, 5.41) is 0.0271. The van der Waals surface area contributed by atoms with Crippen LogP contribution in [0.5, 0.6) is 0 Å². The van der Waals surface area contributed by atoms with E-state index in [-0.39, 0.29) is 16.1 Å². The minimum Gasteiger partial charge on any atom is -0.297 e. The van der Waals surface area contributed by atoms with Crippen LogP contribution in [-0.2, 0) is 10.0 Å². The van der Waals surface area contributed by atoms with Crippen molar-refractivity contribution in [3.8, 4) is 0 Å². The van der Waals surface area contributed by atoms with Crippen molar-refractivity contribution in [3.05, 3.63) is 21.9 Å². The highest BCUT2D eigenvalue weighted by Gasteiger charge is 2.41. The molecule has 2 atom stereocenters. The fraction of sp³-hybridized carbons (Fsp3) is 0.615. The van der Waals surface area contributed by atoms with E-state index in [1.165, 1.54) is 12.3 Å². The summed E-state index contributed by atoms with van der Waals surface area (Å²) in [4.78, 5) is 6.40. The standard InChI is InChI=1S/C13H17BrClN3O2S/c1-9-7-17-4-2-3-11(17)8-18(9)21(19,20)12-5-10(14)6-16-13(12)15/h5-6,9,11H,2-4,7-8H2,1H3. The molecule has 0 spiro atoms. The maximum absolute atomic E-state index is 12.9. The molecule has 0 aromatic carbocycles. The van der Waals surface area contributed by atoms with Crippen LogP contribution in [-0.4, -0.2) is 54.3 Å². The molecule has 2 saturated heterocycles. The third-order valence-corrected chi connectivity index (χ3v) is 7.08. The monoisotopic (exact) mass is 393 g/mol. The van der Waals surface area contributed by atoms with E-state index in [4.69, 9.17) is 11.6 Å². The average molecular weight is 395 g/mol. The summed E-state index contributed by atoms with van der Waals surface area (Å²) < 4.78 is 28.0. The molecule has 2 fully saturated rings. The van der Waals surface area contributed by atoms with E-state index in [1.807, 2.05) is 6.92 Å². The van der Waals surface area contributed by atoms with Crippen molar-refractivity contribution in [2.24, 2.45) is 0 Å². The van der Waals surface area contributed by atoms with Crippen molar-refractivity contribution in [1.29, 1.82) is 0 Å². The highest BCUT2D eigenvalue weighted by molar-refractivity contribution is 9.10. The molecule has 2 aliphatic heterocycles. The topological polar surface area (TPSA) is 53.5 Å². The lowest BCUT2D eigenvalue weighted by molar-refractivity contribution is 0.117. The van der Waals surface area contributed by atoms with Crippen LogP contribution in [0.2, 0.25) is 5.15 Å². The number of hydrogen-bond acceptors (Lipinski definition) is 4. The third-order valence-electron chi connectivity index (χ3n) is 4.24. The van der Waals surface area contributed by atoms with Crippen molar-refractivity contribution in [2.45, 2.75) is 36.7 Å². The molecule has 3 heterocycles. The molecule has 2 unspecified atom stereocenters. The van der Waals surface area contributed by atoms with Gasteiger partial charge in [0.2, 0.25) is 10.0 Å². The van der Waals surface area contributed by atoms with Crippen molar-refractivity contribution >= 4 is 37.6 Å². The van der Waals surface area contributed by atoms with E-state index in [1.54, 1.807) is 4.31 Å². The van der Waals surface area contributed by atoms with Gasteiger partial charge in [0.05, 0.1) is 0 Å². The first-order chi connectivity index (χ1) is 9.89. The molecule has 0 radical (unpaired) electrons. The predicted molar refractivity (Wildman–Crippen MR) is 84.9 cm³/mol. The number of piperazine rings is 1. The smallest absolute Gasteiger partial charge is 0.246 e. The van der Waals surface area contributed by atoms with E-state index in [0.29, 0.717) is 17.1 Å². The fourth-order valence-electron chi connectivity index (χ4n) is 3.21. The minimum atomic E-state index is -3.62. The molecule has 3 rings (SSSR count). The number of nitrogens with zero attached hydrogens (tertiary/aromatic N) is 3. The Hall–Kier alpha value is -0.210. The Labute approximate surface area is 138 Å². The number of sulfonamides is 1. The summed E-state index contributed by atoms with van der Waals surface area (Å²) in [7, 11) is -3.62. The van der Waals surface area contributed by atoms with Crippen molar-refractivity contribution in [2.75, 3.05) is 19.6 Å². The second-order valence-corrected chi connectivity index (χ2v) is 8.79. The summed E-state index contributed by atoms with van der Waals surface area (Å²) >= 11 is 9.27. The molecule has 0 saturated carbocycles. The van der Waals surface area contributed by atoms with Crippen LogP contribution < -0.4 is 0 Å². The maximum Gasteiger partial charge on any atom is 0.246 e. The quantitative estimate of drug-likeness (QED) is 0.723. The Balaban J connectivity index is 1.95. The van der Waals surface area contributed by atoms with Crippen LogP contribution in [0.15, 0.2) is 21.6 Å². The SMILES string of the molecule is CC1CN2CCCC2CN1S(=O)(=O)c1cc(Br)cnc1Cl. The van der Waals surface area contributed by atoms with Crippen molar-refractivity contribution in [3.63, 3.8) is 0 Å². The molecule has 5 nitrogen and oxygen atoms in total. The summed E-state index contributed by atoms with van der Waals surface area (Å²) in [6.07, 6.45) is 3.70. The van der Waals surface area contributed by atoms with E-state index in [0.717, 1.165) is 25.9 Å². The number of rotatable bonds is 2. The molecule has 21 heavy (non-hydrogen) atoms. The number of hydrogen-bond donors (Lipinski definition) is 0. The molecular formula is C13H17BrClN3O2S. The molecule has 0 amide bonds. The third kappa shape index (κ3) is 2.86. The zero-order valence-corrected chi connectivity index (χ0v) is 14.8. The Morgan fingerprint density at radius 2 is 2.19 bits per heavy atom. The lowest BCUT2D eigenvalue weighted by Gasteiger charge is -2.41. The van der Waals surface area contributed by atoms with Gasteiger partial charge in [0, 0.05) is 35.8 Å². The van der Waals surface area contributed by atoms with Gasteiger partial charge in [0.25, 0.3) is 0 Å². The van der Waals surface area contributed by atoms with Gasteiger partial charge in [-0.15, -0.1) is 0 Å². The van der Waals surface area contributed by atoms with E-state index in [2.05, 4.69) is 25.8 Å². The molecular weight excluding hydrogens is 378 g/mol. The van der Waals surface area contributed by atoms with Crippen LogP contribution in [0.1, 0.15) is 19.8 Å². The number of aromatic nitrogens is 1. The summed E-state index contributed by atoms with van der Waals surface area (Å²) in [5.74, 6) is 0. The molecule has 0 bridgehead atoms. The van der Waals surface area contributed by atoms with Gasteiger partial charge in [0.1, 0.15) is 10.0 Å². The Morgan fingerprint density at radius 3 is 2.95 bits per heavy atom. The Kier molecular flexibility index (Phi) is 4.31. The zero-order valence-electron chi connectivity index (χ0n) is 11.7.